The molecule has 4 aromatic rings. The molecule has 0 unspecified atom stereocenters. The van der Waals surface area contributed by atoms with Gasteiger partial charge in [0.05, 0.1) is 11.7 Å². The summed E-state index contributed by atoms with van der Waals surface area (Å²) in [5, 5.41) is 23.8. The number of hydrogen-bond donors (Lipinski definition) is 2. The Hall–Kier alpha value is -3.44. The first-order valence-electron chi connectivity index (χ1n) is 13.1. The van der Waals surface area contributed by atoms with E-state index in [0.29, 0.717) is 25.3 Å². The Kier molecular flexibility index (Phi) is 8.00. The molecule has 3 atom stereocenters. The molecule has 0 bridgehead atoms. The topological polar surface area (TPSA) is 52.9 Å². The highest BCUT2D eigenvalue weighted by atomic mass is 16.5. The Balaban J connectivity index is 1.36. The van der Waals surface area contributed by atoms with Crippen molar-refractivity contribution >= 4 is 0 Å². The van der Waals surface area contributed by atoms with Gasteiger partial charge in [0.2, 0.25) is 0 Å². The lowest BCUT2D eigenvalue weighted by Crippen LogP contribution is -2.52. The third kappa shape index (κ3) is 6.11. The fraction of sp³-hybridized carbons (Fsp3) is 0.273. The second-order valence-corrected chi connectivity index (χ2v) is 9.97. The van der Waals surface area contributed by atoms with Crippen LogP contribution in [0.4, 0.5) is 0 Å². The van der Waals surface area contributed by atoms with Gasteiger partial charge in [0, 0.05) is 25.6 Å². The zero-order valence-corrected chi connectivity index (χ0v) is 21.1. The highest BCUT2D eigenvalue weighted by Gasteiger charge is 2.46. The van der Waals surface area contributed by atoms with E-state index in [9.17, 15) is 10.2 Å². The van der Waals surface area contributed by atoms with Gasteiger partial charge in [-0.2, -0.15) is 0 Å². The predicted octanol–water partition coefficient (Wildman–Crippen LogP) is 5.75. The Bertz CT molecular complexity index is 1250. The number of rotatable bonds is 9. The van der Waals surface area contributed by atoms with Gasteiger partial charge >= 0.3 is 0 Å². The van der Waals surface area contributed by atoms with E-state index < -0.39 is 11.7 Å². The summed E-state index contributed by atoms with van der Waals surface area (Å²) in [6, 6.07) is 38.0. The minimum atomic E-state index is -1.12. The van der Waals surface area contributed by atoms with Crippen LogP contribution >= 0.6 is 0 Å². The van der Waals surface area contributed by atoms with Gasteiger partial charge < -0.3 is 19.8 Å². The van der Waals surface area contributed by atoms with E-state index in [4.69, 9.17) is 4.74 Å². The number of ether oxygens (including phenoxy) is 1. The molecule has 0 amide bonds. The average Bonchev–Trinajstić information content (AvgIpc) is 2.97. The first-order valence-corrected chi connectivity index (χ1v) is 13.1. The summed E-state index contributed by atoms with van der Waals surface area (Å²) in [6.07, 6.45) is 0.665. The van der Waals surface area contributed by atoms with E-state index in [1.807, 2.05) is 91.0 Å². The van der Waals surface area contributed by atoms with Gasteiger partial charge in [0.25, 0.3) is 0 Å². The van der Waals surface area contributed by atoms with Crippen LogP contribution in [-0.2, 0) is 18.6 Å². The van der Waals surface area contributed by atoms with E-state index in [2.05, 4.69) is 29.2 Å². The minimum absolute atomic E-state index is 0.385. The fourth-order valence-corrected chi connectivity index (χ4v) is 5.38. The lowest BCUT2D eigenvalue weighted by molar-refractivity contribution is -0.122. The molecule has 0 spiro atoms. The van der Waals surface area contributed by atoms with Crippen LogP contribution in [0.25, 0.3) is 0 Å². The predicted molar refractivity (Wildman–Crippen MR) is 147 cm³/mol. The normalized spacial score (nSPS) is 20.9. The van der Waals surface area contributed by atoms with E-state index in [-0.39, 0.29) is 5.92 Å². The van der Waals surface area contributed by atoms with Crippen molar-refractivity contribution < 1.29 is 14.9 Å². The van der Waals surface area contributed by atoms with Crippen LogP contribution in [0.1, 0.15) is 34.8 Å². The number of nitrogens with zero attached hydrogens (tertiary/aromatic N) is 1. The molecule has 0 saturated carbocycles. The zero-order valence-electron chi connectivity index (χ0n) is 21.1. The fourth-order valence-electron chi connectivity index (χ4n) is 5.38. The first-order chi connectivity index (χ1) is 18.1. The molecule has 190 valence electrons. The zero-order chi connectivity index (χ0) is 25.5. The van der Waals surface area contributed by atoms with E-state index in [1.54, 1.807) is 0 Å². The molecular formula is C33H35NO3. The molecule has 4 nitrogen and oxygen atoms in total. The third-order valence-corrected chi connectivity index (χ3v) is 7.54. The van der Waals surface area contributed by atoms with Gasteiger partial charge in [0.1, 0.15) is 12.4 Å². The molecular weight excluding hydrogens is 458 g/mol. The summed E-state index contributed by atoms with van der Waals surface area (Å²) in [5.74, 6) is 0.323. The number of aliphatic hydroxyl groups excluding tert-OH is 1. The van der Waals surface area contributed by atoms with Crippen LogP contribution < -0.4 is 4.74 Å². The maximum absolute atomic E-state index is 12.0. The molecule has 5 rings (SSSR count). The van der Waals surface area contributed by atoms with Gasteiger partial charge in [-0.3, -0.25) is 0 Å². The molecule has 0 aliphatic carbocycles. The summed E-state index contributed by atoms with van der Waals surface area (Å²) < 4.78 is 6.03. The van der Waals surface area contributed by atoms with E-state index in [0.717, 1.165) is 36.2 Å². The largest absolute Gasteiger partial charge is 0.489 e. The lowest BCUT2D eigenvalue weighted by Gasteiger charge is -2.47. The first kappa shape index (κ1) is 25.2. The minimum Gasteiger partial charge on any atom is -0.489 e. The molecule has 1 fully saturated rings. The SMILES string of the molecule is O[C@@H](c1cccc(OCc2ccccc2)c1)[C@@H]1CN(CCc2ccccc2)CC[C@@]1(O)c1ccccc1. The molecule has 1 heterocycles. The summed E-state index contributed by atoms with van der Waals surface area (Å²) >= 11 is 0. The van der Waals surface area contributed by atoms with Crippen LogP contribution in [0.5, 0.6) is 5.75 Å². The number of aliphatic hydroxyl groups is 2. The Morgan fingerprint density at radius 1 is 0.811 bits per heavy atom. The lowest BCUT2D eigenvalue weighted by atomic mass is 9.72. The number of hydrogen-bond acceptors (Lipinski definition) is 4. The Labute approximate surface area is 219 Å². The second kappa shape index (κ2) is 11.7. The molecule has 4 aromatic carbocycles. The van der Waals surface area contributed by atoms with Crippen molar-refractivity contribution in [1.82, 2.24) is 4.90 Å². The van der Waals surface area contributed by atoms with Crippen molar-refractivity contribution in [1.29, 1.82) is 0 Å². The Morgan fingerprint density at radius 3 is 2.16 bits per heavy atom. The van der Waals surface area contributed by atoms with Crippen LogP contribution in [0, 0.1) is 5.92 Å². The monoisotopic (exact) mass is 493 g/mol. The number of likely N-dealkylation sites (tertiary alicyclic amines) is 1. The van der Waals surface area contributed by atoms with Crippen molar-refractivity contribution in [3.8, 4) is 5.75 Å². The summed E-state index contributed by atoms with van der Waals surface area (Å²) in [6.45, 7) is 2.74. The molecule has 1 saturated heterocycles. The van der Waals surface area contributed by atoms with Crippen LogP contribution in [-0.4, -0.2) is 34.7 Å². The number of benzene rings is 4. The van der Waals surface area contributed by atoms with E-state index >= 15 is 0 Å². The molecule has 0 aromatic heterocycles. The van der Waals surface area contributed by atoms with Crippen LogP contribution in [0.2, 0.25) is 0 Å². The van der Waals surface area contributed by atoms with Gasteiger partial charge in [-0.15, -0.1) is 0 Å². The Morgan fingerprint density at radius 2 is 1.46 bits per heavy atom. The molecule has 0 radical (unpaired) electrons. The summed E-state index contributed by atoms with van der Waals surface area (Å²) in [4.78, 5) is 2.37. The van der Waals surface area contributed by atoms with Gasteiger partial charge in [-0.1, -0.05) is 103 Å². The standard InChI is InChI=1S/C33H35NO3/c35-32(28-15-10-18-30(23-28)37-25-27-13-6-2-7-14-27)31-24-34(21-19-26-11-4-1-5-12-26)22-20-33(31,36)29-16-8-3-9-17-29/h1-18,23,31-32,35-36H,19-22,24-25H2/t31-,32-,33+/m0/s1. The molecule has 37 heavy (non-hydrogen) atoms. The maximum Gasteiger partial charge on any atom is 0.120 e. The van der Waals surface area contributed by atoms with E-state index in [1.165, 1.54) is 5.56 Å². The number of piperidine rings is 1. The third-order valence-electron chi connectivity index (χ3n) is 7.54. The highest BCUT2D eigenvalue weighted by molar-refractivity contribution is 5.33. The second-order valence-electron chi connectivity index (χ2n) is 9.97. The van der Waals surface area contributed by atoms with Crippen LogP contribution in [0.15, 0.2) is 115 Å². The van der Waals surface area contributed by atoms with Crippen molar-refractivity contribution in [2.45, 2.75) is 31.2 Å². The van der Waals surface area contributed by atoms with Crippen molar-refractivity contribution in [2.75, 3.05) is 19.6 Å². The van der Waals surface area contributed by atoms with Crippen molar-refractivity contribution in [2.24, 2.45) is 5.92 Å². The van der Waals surface area contributed by atoms with Gasteiger partial charge in [-0.05, 0) is 47.2 Å². The molecule has 2 N–H and O–H groups in total. The van der Waals surface area contributed by atoms with Crippen molar-refractivity contribution in [3.63, 3.8) is 0 Å². The quantitative estimate of drug-likeness (QED) is 0.312. The van der Waals surface area contributed by atoms with Gasteiger partial charge in [0.15, 0.2) is 0 Å². The average molecular weight is 494 g/mol. The maximum atomic E-state index is 12.0. The van der Waals surface area contributed by atoms with Gasteiger partial charge in [-0.25, -0.2) is 0 Å². The van der Waals surface area contributed by atoms with Crippen LogP contribution in [0.3, 0.4) is 0 Å². The smallest absolute Gasteiger partial charge is 0.120 e. The molecule has 1 aliphatic heterocycles. The molecule has 1 aliphatic rings. The summed E-state index contributed by atoms with van der Waals surface area (Å²) in [5.41, 5.74) is 2.89. The molecule has 4 heteroatoms. The van der Waals surface area contributed by atoms with Crippen molar-refractivity contribution in [3.05, 3.63) is 138 Å². The highest BCUT2D eigenvalue weighted by Crippen LogP contribution is 2.44. The summed E-state index contributed by atoms with van der Waals surface area (Å²) in [7, 11) is 0.